The SMILES string of the molecule is Cc1ccc(-c2[nH]ncc2CNCC2CNCC2O)o1.Cl. The van der Waals surface area contributed by atoms with Gasteiger partial charge < -0.3 is 20.2 Å². The lowest BCUT2D eigenvalue weighted by Gasteiger charge is -2.13. The third-order valence-electron chi connectivity index (χ3n) is 3.73. The highest BCUT2D eigenvalue weighted by Gasteiger charge is 2.24. The van der Waals surface area contributed by atoms with Crippen molar-refractivity contribution in [3.8, 4) is 11.5 Å². The van der Waals surface area contributed by atoms with Crippen LogP contribution in [0.2, 0.25) is 0 Å². The van der Waals surface area contributed by atoms with Crippen molar-refractivity contribution in [3.05, 3.63) is 29.7 Å². The topological polar surface area (TPSA) is 86.1 Å². The molecular weight excluding hydrogens is 292 g/mol. The van der Waals surface area contributed by atoms with Crippen LogP contribution >= 0.6 is 12.4 Å². The van der Waals surface area contributed by atoms with Crippen molar-refractivity contribution in [2.24, 2.45) is 5.92 Å². The monoisotopic (exact) mass is 312 g/mol. The van der Waals surface area contributed by atoms with Gasteiger partial charge in [0.2, 0.25) is 0 Å². The predicted octanol–water partition coefficient (Wildman–Crippen LogP) is 1.07. The molecule has 0 amide bonds. The van der Waals surface area contributed by atoms with E-state index in [1.165, 1.54) is 0 Å². The van der Waals surface area contributed by atoms with E-state index in [0.717, 1.165) is 35.9 Å². The van der Waals surface area contributed by atoms with Crippen LogP contribution in [0.15, 0.2) is 22.7 Å². The molecule has 0 bridgehead atoms. The molecule has 0 saturated carbocycles. The van der Waals surface area contributed by atoms with Crippen LogP contribution in [0.1, 0.15) is 11.3 Å². The van der Waals surface area contributed by atoms with Crippen LogP contribution in [0.5, 0.6) is 0 Å². The molecule has 116 valence electrons. The van der Waals surface area contributed by atoms with Crippen LogP contribution in [0.25, 0.3) is 11.5 Å². The lowest BCUT2D eigenvalue weighted by Crippen LogP contribution is -2.30. The van der Waals surface area contributed by atoms with Crippen molar-refractivity contribution in [3.63, 3.8) is 0 Å². The number of nitrogens with zero attached hydrogens (tertiary/aromatic N) is 1. The van der Waals surface area contributed by atoms with Gasteiger partial charge >= 0.3 is 0 Å². The lowest BCUT2D eigenvalue weighted by molar-refractivity contribution is 0.146. The average Bonchev–Trinajstić information content (AvgIpc) is 3.12. The van der Waals surface area contributed by atoms with Gasteiger partial charge in [-0.25, -0.2) is 0 Å². The summed E-state index contributed by atoms with van der Waals surface area (Å²) in [7, 11) is 0. The van der Waals surface area contributed by atoms with Gasteiger partial charge in [-0.2, -0.15) is 5.10 Å². The van der Waals surface area contributed by atoms with Crippen LogP contribution < -0.4 is 10.6 Å². The lowest BCUT2D eigenvalue weighted by atomic mass is 10.1. The number of aromatic nitrogens is 2. The van der Waals surface area contributed by atoms with Crippen LogP contribution in [-0.4, -0.2) is 41.0 Å². The summed E-state index contributed by atoms with van der Waals surface area (Å²) < 4.78 is 5.62. The molecule has 1 aliphatic rings. The Kier molecular flexibility index (Phi) is 5.41. The molecular formula is C14H21ClN4O2. The molecule has 6 nitrogen and oxygen atoms in total. The second-order valence-corrected chi connectivity index (χ2v) is 5.30. The van der Waals surface area contributed by atoms with E-state index in [4.69, 9.17) is 4.42 Å². The third-order valence-corrected chi connectivity index (χ3v) is 3.73. The van der Waals surface area contributed by atoms with Gasteiger partial charge in [-0.3, -0.25) is 5.10 Å². The van der Waals surface area contributed by atoms with Crippen molar-refractivity contribution in [1.82, 2.24) is 20.8 Å². The molecule has 7 heteroatoms. The van der Waals surface area contributed by atoms with Gasteiger partial charge in [-0.15, -0.1) is 12.4 Å². The Balaban J connectivity index is 0.00000161. The van der Waals surface area contributed by atoms with E-state index in [9.17, 15) is 5.11 Å². The van der Waals surface area contributed by atoms with Gasteiger partial charge in [0.1, 0.15) is 11.5 Å². The minimum atomic E-state index is -0.251. The Bertz CT molecular complexity index is 569. The molecule has 0 aromatic carbocycles. The largest absolute Gasteiger partial charge is 0.460 e. The first kappa shape index (κ1) is 16.0. The number of furan rings is 1. The first-order chi connectivity index (χ1) is 9.74. The van der Waals surface area contributed by atoms with E-state index in [1.54, 1.807) is 0 Å². The van der Waals surface area contributed by atoms with Crippen molar-refractivity contribution < 1.29 is 9.52 Å². The minimum Gasteiger partial charge on any atom is -0.460 e. The fraction of sp³-hybridized carbons (Fsp3) is 0.500. The first-order valence-corrected chi connectivity index (χ1v) is 6.92. The number of nitrogens with one attached hydrogen (secondary N) is 3. The van der Waals surface area contributed by atoms with Gasteiger partial charge in [0, 0.05) is 37.7 Å². The third kappa shape index (κ3) is 3.65. The Hall–Kier alpha value is -1.34. The molecule has 0 radical (unpaired) electrons. The average molecular weight is 313 g/mol. The molecule has 4 N–H and O–H groups in total. The summed E-state index contributed by atoms with van der Waals surface area (Å²) in [5.41, 5.74) is 1.98. The van der Waals surface area contributed by atoms with Crippen LogP contribution in [0, 0.1) is 12.8 Å². The Morgan fingerprint density at radius 2 is 2.29 bits per heavy atom. The number of aryl methyl sites for hydroxylation is 1. The molecule has 0 aliphatic carbocycles. The number of H-pyrrole nitrogens is 1. The van der Waals surface area contributed by atoms with E-state index in [2.05, 4.69) is 20.8 Å². The molecule has 0 spiro atoms. The quantitative estimate of drug-likeness (QED) is 0.663. The summed E-state index contributed by atoms with van der Waals surface area (Å²) in [6, 6.07) is 3.88. The highest BCUT2D eigenvalue weighted by Crippen LogP contribution is 2.23. The Labute approximate surface area is 129 Å². The fourth-order valence-electron chi connectivity index (χ4n) is 2.55. The second-order valence-electron chi connectivity index (χ2n) is 5.30. The van der Waals surface area contributed by atoms with Gasteiger partial charge in [-0.1, -0.05) is 0 Å². The zero-order valence-electron chi connectivity index (χ0n) is 11.9. The van der Waals surface area contributed by atoms with Gasteiger partial charge in [-0.05, 0) is 19.1 Å². The Morgan fingerprint density at radius 3 is 2.95 bits per heavy atom. The molecule has 2 unspecified atom stereocenters. The molecule has 21 heavy (non-hydrogen) atoms. The number of aliphatic hydroxyl groups excluding tert-OH is 1. The van der Waals surface area contributed by atoms with Crippen LogP contribution in [0.3, 0.4) is 0 Å². The molecule has 3 heterocycles. The number of hydrogen-bond donors (Lipinski definition) is 4. The molecule has 1 fully saturated rings. The van der Waals surface area contributed by atoms with E-state index < -0.39 is 0 Å². The highest BCUT2D eigenvalue weighted by atomic mass is 35.5. The zero-order valence-corrected chi connectivity index (χ0v) is 12.7. The summed E-state index contributed by atoms with van der Waals surface area (Å²) >= 11 is 0. The molecule has 2 aromatic heterocycles. The molecule has 2 atom stereocenters. The van der Waals surface area contributed by atoms with Crippen molar-refractivity contribution >= 4 is 12.4 Å². The van der Waals surface area contributed by atoms with E-state index >= 15 is 0 Å². The summed E-state index contributed by atoms with van der Waals surface area (Å²) in [6.07, 6.45) is 1.56. The maximum atomic E-state index is 9.75. The van der Waals surface area contributed by atoms with E-state index in [0.29, 0.717) is 13.1 Å². The van der Waals surface area contributed by atoms with E-state index in [1.807, 2.05) is 25.3 Å². The maximum absolute atomic E-state index is 9.75. The smallest absolute Gasteiger partial charge is 0.152 e. The highest BCUT2D eigenvalue weighted by molar-refractivity contribution is 5.85. The van der Waals surface area contributed by atoms with Crippen LogP contribution in [0.4, 0.5) is 0 Å². The van der Waals surface area contributed by atoms with Gasteiger partial charge in [0.25, 0.3) is 0 Å². The molecule has 1 saturated heterocycles. The second kappa shape index (κ2) is 7.09. The summed E-state index contributed by atoms with van der Waals surface area (Å²) in [6.45, 7) is 4.97. The van der Waals surface area contributed by atoms with E-state index in [-0.39, 0.29) is 24.4 Å². The molecule has 3 rings (SSSR count). The fourth-order valence-corrected chi connectivity index (χ4v) is 2.55. The number of β-amino-alcohol motifs (C(OH)–C–C–N with tert-alkyl or cyclic N) is 1. The Morgan fingerprint density at radius 1 is 1.43 bits per heavy atom. The van der Waals surface area contributed by atoms with Crippen molar-refractivity contribution in [2.75, 3.05) is 19.6 Å². The summed E-state index contributed by atoms with van der Waals surface area (Å²) in [4.78, 5) is 0. The number of aromatic amines is 1. The van der Waals surface area contributed by atoms with Crippen LogP contribution in [-0.2, 0) is 6.54 Å². The number of halogens is 1. The van der Waals surface area contributed by atoms with Gasteiger partial charge in [0.05, 0.1) is 12.3 Å². The maximum Gasteiger partial charge on any atom is 0.152 e. The normalized spacial score (nSPS) is 21.4. The van der Waals surface area contributed by atoms with Gasteiger partial charge in [0.15, 0.2) is 5.76 Å². The molecule has 2 aromatic rings. The zero-order chi connectivity index (χ0) is 13.9. The number of hydrogen-bond acceptors (Lipinski definition) is 5. The van der Waals surface area contributed by atoms with Crippen molar-refractivity contribution in [1.29, 1.82) is 0 Å². The summed E-state index contributed by atoms with van der Waals surface area (Å²) in [5, 5.41) is 23.4. The number of rotatable bonds is 5. The predicted molar refractivity (Wildman–Crippen MR) is 82.3 cm³/mol. The standard InChI is InChI=1S/C14H20N4O2.ClH/c1-9-2-3-13(20-9)14-11(7-17-18-14)6-15-4-10-5-16-8-12(10)19;/h2-3,7,10,12,15-16,19H,4-6,8H2,1H3,(H,17,18);1H. The molecule has 1 aliphatic heterocycles. The summed E-state index contributed by atoms with van der Waals surface area (Å²) in [5.74, 6) is 1.96. The number of aliphatic hydroxyl groups is 1. The minimum absolute atomic E-state index is 0. The van der Waals surface area contributed by atoms with Crippen molar-refractivity contribution in [2.45, 2.75) is 19.6 Å². The first-order valence-electron chi connectivity index (χ1n) is 6.92.